The topological polar surface area (TPSA) is 91.7 Å². The van der Waals surface area contributed by atoms with E-state index in [2.05, 4.69) is 0 Å². The molecule has 0 aromatic carbocycles. The second-order valence-electron chi connectivity index (χ2n) is 8.19. The van der Waals surface area contributed by atoms with Crippen molar-refractivity contribution in [3.63, 3.8) is 0 Å². The lowest BCUT2D eigenvalue weighted by atomic mass is 9.80. The quantitative estimate of drug-likeness (QED) is 0.510. The first-order valence-electron chi connectivity index (χ1n) is 9.20. The number of Topliss-reactive ketones (excluding diaryl/α,β-unsaturated/α-hetero) is 3. The van der Waals surface area contributed by atoms with Crippen LogP contribution in [0, 0.1) is 17.8 Å². The maximum Gasteiger partial charge on any atom is 0.185 e. The summed E-state index contributed by atoms with van der Waals surface area (Å²) in [4.78, 5) is 38.2. The van der Waals surface area contributed by atoms with Gasteiger partial charge in [0.05, 0.1) is 12.0 Å². The van der Waals surface area contributed by atoms with E-state index in [1.807, 2.05) is 41.5 Å². The standard InChI is InChI=1S/C21H32O5/c1-12(2)7-9-15-19(24)18(16(22)11-14(5)6)20(25)21(15,26)17(23)10-8-13(3)4/h7-8,14-15,17-18,23,26H,9-11H2,1-6H3/t15-,17?,18?,21+/m0/s1. The highest BCUT2D eigenvalue weighted by Gasteiger charge is 2.63. The van der Waals surface area contributed by atoms with Crippen LogP contribution in [-0.4, -0.2) is 39.3 Å². The van der Waals surface area contributed by atoms with Gasteiger partial charge in [0.25, 0.3) is 0 Å². The molecule has 146 valence electrons. The first kappa shape index (κ1) is 22.5. The van der Waals surface area contributed by atoms with Crippen LogP contribution in [0.2, 0.25) is 0 Å². The zero-order chi connectivity index (χ0) is 20.2. The fraction of sp³-hybridized carbons (Fsp3) is 0.667. The summed E-state index contributed by atoms with van der Waals surface area (Å²) < 4.78 is 0. The van der Waals surface area contributed by atoms with Gasteiger partial charge in [-0.1, -0.05) is 37.1 Å². The monoisotopic (exact) mass is 364 g/mol. The highest BCUT2D eigenvalue weighted by atomic mass is 16.4. The van der Waals surface area contributed by atoms with E-state index in [1.54, 1.807) is 12.2 Å². The molecule has 1 rings (SSSR count). The van der Waals surface area contributed by atoms with Crippen molar-refractivity contribution in [3.05, 3.63) is 23.3 Å². The highest BCUT2D eigenvalue weighted by Crippen LogP contribution is 2.41. The summed E-state index contributed by atoms with van der Waals surface area (Å²) in [5.41, 5.74) is -0.368. The molecule has 2 unspecified atom stereocenters. The Morgan fingerprint density at radius 3 is 2.12 bits per heavy atom. The summed E-state index contributed by atoms with van der Waals surface area (Å²) in [6.07, 6.45) is 2.30. The van der Waals surface area contributed by atoms with Gasteiger partial charge in [-0.2, -0.15) is 0 Å². The van der Waals surface area contributed by atoms with E-state index < -0.39 is 40.9 Å². The SMILES string of the molecule is CC(C)=CCC(O)[C@@]1(O)C(=O)C(C(=O)CC(C)C)C(=O)[C@@H]1CC=C(C)C. The Hall–Kier alpha value is -1.59. The van der Waals surface area contributed by atoms with Crippen molar-refractivity contribution < 1.29 is 24.6 Å². The van der Waals surface area contributed by atoms with Crippen LogP contribution in [0.25, 0.3) is 0 Å². The van der Waals surface area contributed by atoms with Gasteiger partial charge in [-0.05, 0) is 46.5 Å². The molecule has 0 radical (unpaired) electrons. The second kappa shape index (κ2) is 8.87. The maximum absolute atomic E-state index is 12.9. The van der Waals surface area contributed by atoms with E-state index in [-0.39, 0.29) is 25.2 Å². The number of hydrogen-bond donors (Lipinski definition) is 2. The zero-order valence-corrected chi connectivity index (χ0v) is 16.7. The highest BCUT2D eigenvalue weighted by molar-refractivity contribution is 6.27. The van der Waals surface area contributed by atoms with Crippen molar-refractivity contribution in [3.8, 4) is 0 Å². The first-order valence-corrected chi connectivity index (χ1v) is 9.20. The summed E-state index contributed by atoms with van der Waals surface area (Å²) in [6, 6.07) is 0. The number of ketones is 3. The van der Waals surface area contributed by atoms with Crippen molar-refractivity contribution in [2.24, 2.45) is 17.8 Å². The molecule has 1 aliphatic rings. The fourth-order valence-corrected chi connectivity index (χ4v) is 3.35. The number of hydrogen-bond acceptors (Lipinski definition) is 5. The molecule has 0 aromatic heterocycles. The maximum atomic E-state index is 12.9. The van der Waals surface area contributed by atoms with Gasteiger partial charge >= 0.3 is 0 Å². The van der Waals surface area contributed by atoms with Crippen LogP contribution in [-0.2, 0) is 14.4 Å². The van der Waals surface area contributed by atoms with Crippen LogP contribution in [0.3, 0.4) is 0 Å². The van der Waals surface area contributed by atoms with Gasteiger partial charge in [0.2, 0.25) is 0 Å². The summed E-state index contributed by atoms with van der Waals surface area (Å²) in [7, 11) is 0. The number of rotatable bonds is 8. The Balaban J connectivity index is 3.30. The molecule has 0 amide bonds. The number of carbonyl (C=O) groups excluding carboxylic acids is 3. The molecule has 2 N–H and O–H groups in total. The minimum atomic E-state index is -2.23. The van der Waals surface area contributed by atoms with E-state index in [0.29, 0.717) is 0 Å². The van der Waals surface area contributed by atoms with Gasteiger partial charge in [0, 0.05) is 6.42 Å². The third kappa shape index (κ3) is 4.77. The lowest BCUT2D eigenvalue weighted by molar-refractivity contribution is -0.155. The van der Waals surface area contributed by atoms with Gasteiger partial charge in [-0.25, -0.2) is 0 Å². The summed E-state index contributed by atoms with van der Waals surface area (Å²) in [5, 5.41) is 21.7. The molecule has 0 aromatic rings. The molecule has 1 saturated carbocycles. The molecule has 0 heterocycles. The molecule has 1 aliphatic carbocycles. The average molecular weight is 364 g/mol. The average Bonchev–Trinajstić information content (AvgIpc) is 2.69. The van der Waals surface area contributed by atoms with Gasteiger partial charge in [-0.15, -0.1) is 0 Å². The van der Waals surface area contributed by atoms with Crippen molar-refractivity contribution in [1.82, 2.24) is 0 Å². The Morgan fingerprint density at radius 2 is 1.65 bits per heavy atom. The minimum absolute atomic E-state index is 0.00335. The molecule has 0 bridgehead atoms. The number of allylic oxidation sites excluding steroid dienone is 3. The predicted octanol–water partition coefficient (Wildman–Crippen LogP) is 2.79. The third-order valence-electron chi connectivity index (χ3n) is 4.77. The van der Waals surface area contributed by atoms with Crippen LogP contribution >= 0.6 is 0 Å². The van der Waals surface area contributed by atoms with Crippen LogP contribution in [0.5, 0.6) is 0 Å². The third-order valence-corrected chi connectivity index (χ3v) is 4.77. The van der Waals surface area contributed by atoms with Gasteiger partial charge in [0.1, 0.15) is 5.92 Å². The van der Waals surface area contributed by atoms with Crippen molar-refractivity contribution in [1.29, 1.82) is 0 Å². The summed E-state index contributed by atoms with van der Waals surface area (Å²) >= 11 is 0. The molecule has 26 heavy (non-hydrogen) atoms. The second-order valence-corrected chi connectivity index (χ2v) is 8.19. The van der Waals surface area contributed by atoms with Crippen molar-refractivity contribution in [2.75, 3.05) is 0 Å². The molecule has 1 fully saturated rings. The summed E-state index contributed by atoms with van der Waals surface area (Å²) in [6.45, 7) is 11.0. The van der Waals surface area contributed by atoms with Gasteiger partial charge < -0.3 is 10.2 Å². The molecule has 0 spiro atoms. The summed E-state index contributed by atoms with van der Waals surface area (Å²) in [5.74, 6) is -4.47. The largest absolute Gasteiger partial charge is 0.389 e. The normalized spacial score (nSPS) is 26.8. The molecule has 0 saturated heterocycles. The molecular formula is C21H32O5. The van der Waals surface area contributed by atoms with Crippen LogP contribution in [0.4, 0.5) is 0 Å². The lowest BCUT2D eigenvalue weighted by Crippen LogP contribution is -2.52. The van der Waals surface area contributed by atoms with Crippen molar-refractivity contribution in [2.45, 2.75) is 72.5 Å². The Bertz CT molecular complexity index is 620. The van der Waals surface area contributed by atoms with Crippen LogP contribution in [0.15, 0.2) is 23.3 Å². The molecule has 0 aliphatic heterocycles. The van der Waals surface area contributed by atoms with E-state index >= 15 is 0 Å². The van der Waals surface area contributed by atoms with E-state index in [0.717, 1.165) is 11.1 Å². The number of aliphatic hydroxyl groups excluding tert-OH is 1. The Kier molecular flexibility index (Phi) is 7.66. The van der Waals surface area contributed by atoms with Gasteiger partial charge in [0.15, 0.2) is 23.0 Å². The molecular weight excluding hydrogens is 332 g/mol. The van der Waals surface area contributed by atoms with Crippen LogP contribution in [0.1, 0.15) is 60.8 Å². The zero-order valence-electron chi connectivity index (χ0n) is 16.7. The Labute approximate surface area is 156 Å². The van der Waals surface area contributed by atoms with Crippen LogP contribution < -0.4 is 0 Å². The molecule has 4 atom stereocenters. The Morgan fingerprint density at radius 1 is 1.12 bits per heavy atom. The first-order chi connectivity index (χ1) is 11.9. The van der Waals surface area contributed by atoms with Crippen molar-refractivity contribution >= 4 is 17.3 Å². The van der Waals surface area contributed by atoms with Gasteiger partial charge in [-0.3, -0.25) is 14.4 Å². The predicted molar refractivity (Wildman–Crippen MR) is 101 cm³/mol. The molecule has 5 heteroatoms. The number of carbonyl (C=O) groups is 3. The smallest absolute Gasteiger partial charge is 0.185 e. The van der Waals surface area contributed by atoms with E-state index in [1.165, 1.54) is 0 Å². The van der Waals surface area contributed by atoms with E-state index in [4.69, 9.17) is 0 Å². The molecule has 5 nitrogen and oxygen atoms in total. The van der Waals surface area contributed by atoms with E-state index in [9.17, 15) is 24.6 Å². The fourth-order valence-electron chi connectivity index (χ4n) is 3.35. The minimum Gasteiger partial charge on any atom is -0.389 e. The lowest BCUT2D eigenvalue weighted by Gasteiger charge is -2.31. The number of aliphatic hydroxyl groups is 2.